The van der Waals surface area contributed by atoms with E-state index in [1.165, 1.54) is 24.3 Å². The lowest BCUT2D eigenvalue weighted by Gasteiger charge is -2.10. The van der Waals surface area contributed by atoms with Crippen LogP contribution < -0.4 is 9.47 Å². The minimum absolute atomic E-state index is 0.211. The van der Waals surface area contributed by atoms with Crippen LogP contribution in [0.4, 0.5) is 4.39 Å². The molecular weight excluding hydrogens is 335 g/mol. The van der Waals surface area contributed by atoms with Gasteiger partial charge in [-0.2, -0.15) is 0 Å². The summed E-state index contributed by atoms with van der Waals surface area (Å²) >= 11 is 0. The van der Waals surface area contributed by atoms with E-state index in [0.29, 0.717) is 11.3 Å². The molecular formula is C21H15FO4. The highest BCUT2D eigenvalue weighted by molar-refractivity contribution is 5.98. The summed E-state index contributed by atoms with van der Waals surface area (Å²) in [6.45, 7) is -0.277. The first-order chi connectivity index (χ1) is 12.6. The van der Waals surface area contributed by atoms with Crippen molar-refractivity contribution in [1.82, 2.24) is 0 Å². The molecule has 5 heteroatoms. The standard InChI is InChI=1S/C21H15FO4/c22-16-12-10-15(11-13-16)19(23)14-25-20-9-5-4-8-18(20)21(24)26-17-6-2-1-3-7-17/h1-13H,14H2. The minimum atomic E-state index is -0.582. The predicted molar refractivity (Wildman–Crippen MR) is 94.1 cm³/mol. The molecule has 3 rings (SSSR count). The third-order valence-corrected chi connectivity index (χ3v) is 3.59. The Morgan fingerprint density at radius 2 is 1.46 bits per heavy atom. The van der Waals surface area contributed by atoms with Crippen LogP contribution in [0.25, 0.3) is 0 Å². The molecule has 3 aromatic rings. The van der Waals surface area contributed by atoms with Gasteiger partial charge >= 0.3 is 5.97 Å². The number of hydrogen-bond donors (Lipinski definition) is 0. The van der Waals surface area contributed by atoms with Crippen LogP contribution in [0.2, 0.25) is 0 Å². The predicted octanol–water partition coefficient (Wildman–Crippen LogP) is 4.31. The minimum Gasteiger partial charge on any atom is -0.485 e. The number of hydrogen-bond acceptors (Lipinski definition) is 4. The number of halogens is 1. The van der Waals surface area contributed by atoms with Crippen molar-refractivity contribution in [3.8, 4) is 11.5 Å². The Bertz CT molecular complexity index is 905. The lowest BCUT2D eigenvalue weighted by Crippen LogP contribution is -2.15. The number of rotatable bonds is 6. The van der Waals surface area contributed by atoms with Gasteiger partial charge in [0.2, 0.25) is 0 Å². The van der Waals surface area contributed by atoms with Crippen molar-refractivity contribution in [2.45, 2.75) is 0 Å². The second kappa shape index (κ2) is 8.07. The second-order valence-corrected chi connectivity index (χ2v) is 5.42. The molecule has 0 amide bonds. The first kappa shape index (κ1) is 17.4. The summed E-state index contributed by atoms with van der Waals surface area (Å²) in [6.07, 6.45) is 0. The van der Waals surface area contributed by atoms with Gasteiger partial charge in [-0.15, -0.1) is 0 Å². The zero-order valence-electron chi connectivity index (χ0n) is 13.7. The molecule has 26 heavy (non-hydrogen) atoms. The number of para-hydroxylation sites is 2. The molecule has 0 fully saturated rings. The molecule has 0 heterocycles. The zero-order chi connectivity index (χ0) is 18.4. The van der Waals surface area contributed by atoms with E-state index in [9.17, 15) is 14.0 Å². The van der Waals surface area contributed by atoms with Gasteiger partial charge in [-0.25, -0.2) is 9.18 Å². The fourth-order valence-electron chi connectivity index (χ4n) is 2.27. The normalized spacial score (nSPS) is 10.2. The molecule has 4 nitrogen and oxygen atoms in total. The lowest BCUT2D eigenvalue weighted by atomic mass is 10.1. The first-order valence-electron chi connectivity index (χ1n) is 7.91. The number of ether oxygens (including phenoxy) is 2. The van der Waals surface area contributed by atoms with E-state index in [4.69, 9.17) is 9.47 Å². The van der Waals surface area contributed by atoms with E-state index >= 15 is 0 Å². The van der Waals surface area contributed by atoms with Gasteiger partial charge in [-0.1, -0.05) is 30.3 Å². The van der Waals surface area contributed by atoms with Crippen LogP contribution in [-0.4, -0.2) is 18.4 Å². The Kier molecular flexibility index (Phi) is 5.39. The molecule has 0 saturated carbocycles. The Labute approximate surface area is 149 Å². The van der Waals surface area contributed by atoms with E-state index in [-0.39, 0.29) is 23.7 Å². The van der Waals surface area contributed by atoms with E-state index in [1.54, 1.807) is 48.5 Å². The van der Waals surface area contributed by atoms with Gasteiger partial charge in [0.25, 0.3) is 0 Å². The number of Topliss-reactive ketones (excluding diaryl/α,β-unsaturated/α-hetero) is 1. The van der Waals surface area contributed by atoms with Crippen molar-refractivity contribution in [2.75, 3.05) is 6.61 Å². The molecule has 130 valence electrons. The van der Waals surface area contributed by atoms with Crippen LogP contribution in [0.5, 0.6) is 11.5 Å². The SMILES string of the molecule is O=C(COc1ccccc1C(=O)Oc1ccccc1)c1ccc(F)cc1. The summed E-state index contributed by atoms with van der Waals surface area (Å²) in [6, 6.07) is 20.4. The maximum absolute atomic E-state index is 12.9. The maximum Gasteiger partial charge on any atom is 0.347 e. The molecule has 0 bridgehead atoms. The van der Waals surface area contributed by atoms with Crippen molar-refractivity contribution >= 4 is 11.8 Å². The fraction of sp³-hybridized carbons (Fsp3) is 0.0476. The quantitative estimate of drug-likeness (QED) is 0.378. The van der Waals surface area contributed by atoms with Gasteiger partial charge < -0.3 is 9.47 Å². The fourth-order valence-corrected chi connectivity index (χ4v) is 2.27. The zero-order valence-corrected chi connectivity index (χ0v) is 13.7. The number of ketones is 1. The van der Waals surface area contributed by atoms with Crippen LogP contribution in [0, 0.1) is 5.82 Å². The summed E-state index contributed by atoms with van der Waals surface area (Å²) in [5.41, 5.74) is 0.541. The van der Waals surface area contributed by atoms with Crippen molar-refractivity contribution in [1.29, 1.82) is 0 Å². The molecule has 0 spiro atoms. The van der Waals surface area contributed by atoms with Crippen LogP contribution in [-0.2, 0) is 0 Å². The lowest BCUT2D eigenvalue weighted by molar-refractivity contribution is 0.0726. The van der Waals surface area contributed by atoms with Gasteiger partial charge in [0, 0.05) is 5.56 Å². The Morgan fingerprint density at radius 1 is 0.808 bits per heavy atom. The number of benzene rings is 3. The Morgan fingerprint density at radius 3 is 2.19 bits per heavy atom. The van der Waals surface area contributed by atoms with Gasteiger partial charge in [-0.3, -0.25) is 4.79 Å². The van der Waals surface area contributed by atoms with E-state index < -0.39 is 11.8 Å². The highest BCUT2D eigenvalue weighted by Gasteiger charge is 2.16. The highest BCUT2D eigenvalue weighted by atomic mass is 19.1. The molecule has 0 aromatic heterocycles. The van der Waals surface area contributed by atoms with Gasteiger partial charge in [0.05, 0.1) is 0 Å². The summed E-state index contributed by atoms with van der Waals surface area (Å²) < 4.78 is 23.7. The van der Waals surface area contributed by atoms with Crippen LogP contribution in [0.1, 0.15) is 20.7 Å². The molecule has 0 aliphatic heterocycles. The molecule has 0 atom stereocenters. The maximum atomic E-state index is 12.9. The number of carbonyl (C=O) groups is 2. The van der Waals surface area contributed by atoms with Crippen molar-refractivity contribution < 1.29 is 23.5 Å². The molecule has 0 unspecified atom stereocenters. The van der Waals surface area contributed by atoms with Crippen molar-refractivity contribution in [3.05, 3.63) is 95.8 Å². The molecule has 0 aliphatic rings. The van der Waals surface area contributed by atoms with E-state index in [2.05, 4.69) is 0 Å². The molecule has 0 saturated heterocycles. The summed E-state index contributed by atoms with van der Waals surface area (Å²) in [5, 5.41) is 0. The Hall–Kier alpha value is -3.47. The number of carbonyl (C=O) groups excluding carboxylic acids is 2. The first-order valence-corrected chi connectivity index (χ1v) is 7.91. The molecule has 3 aromatic carbocycles. The average Bonchev–Trinajstić information content (AvgIpc) is 2.67. The topological polar surface area (TPSA) is 52.6 Å². The second-order valence-electron chi connectivity index (χ2n) is 5.42. The summed E-state index contributed by atoms with van der Waals surface area (Å²) in [4.78, 5) is 24.5. The summed E-state index contributed by atoms with van der Waals surface area (Å²) in [7, 11) is 0. The molecule has 0 radical (unpaired) electrons. The smallest absolute Gasteiger partial charge is 0.347 e. The number of esters is 1. The van der Waals surface area contributed by atoms with Crippen LogP contribution >= 0.6 is 0 Å². The third kappa shape index (κ3) is 4.33. The highest BCUT2D eigenvalue weighted by Crippen LogP contribution is 2.21. The monoisotopic (exact) mass is 350 g/mol. The summed E-state index contributed by atoms with van der Waals surface area (Å²) in [5.74, 6) is -0.674. The van der Waals surface area contributed by atoms with Crippen molar-refractivity contribution in [2.24, 2.45) is 0 Å². The van der Waals surface area contributed by atoms with Crippen molar-refractivity contribution in [3.63, 3.8) is 0 Å². The van der Waals surface area contributed by atoms with Gasteiger partial charge in [0.15, 0.2) is 12.4 Å². The van der Waals surface area contributed by atoms with Crippen LogP contribution in [0.15, 0.2) is 78.9 Å². The Balaban J connectivity index is 1.70. The van der Waals surface area contributed by atoms with Gasteiger partial charge in [0.1, 0.15) is 22.9 Å². The van der Waals surface area contributed by atoms with Crippen LogP contribution in [0.3, 0.4) is 0 Å². The van der Waals surface area contributed by atoms with E-state index in [1.807, 2.05) is 6.07 Å². The largest absolute Gasteiger partial charge is 0.485 e. The molecule has 0 aliphatic carbocycles. The third-order valence-electron chi connectivity index (χ3n) is 3.59. The average molecular weight is 350 g/mol. The van der Waals surface area contributed by atoms with E-state index in [0.717, 1.165) is 0 Å². The van der Waals surface area contributed by atoms with Gasteiger partial charge in [-0.05, 0) is 48.5 Å². The molecule has 0 N–H and O–H groups in total.